The number of nitro benzene ring substituents is 1. The van der Waals surface area contributed by atoms with Crippen molar-refractivity contribution in [2.24, 2.45) is 0 Å². The van der Waals surface area contributed by atoms with E-state index in [1.165, 1.54) is 29.7 Å². The van der Waals surface area contributed by atoms with Crippen LogP contribution in [0.5, 0.6) is 0 Å². The topological polar surface area (TPSA) is 134 Å². The zero-order valence-corrected chi connectivity index (χ0v) is 19.4. The molecular weight excluding hydrogens is 466 g/mol. The molecule has 0 saturated carbocycles. The molecule has 1 N–H and O–H groups in total. The highest BCUT2D eigenvalue weighted by Crippen LogP contribution is 2.27. The molecule has 4 aromatic rings. The number of carbonyl (C=O) groups is 2. The SMILES string of the molecule is CC(OC(=O)CCCn1c(=O)oc2cc([N+](=O)[O-])ccc21)C(=O)Nc1ccccc1-c1ccccc1. The molecule has 36 heavy (non-hydrogen) atoms. The molecule has 0 spiro atoms. The number of benzene rings is 3. The van der Waals surface area contributed by atoms with Crippen LogP contribution in [-0.4, -0.2) is 27.5 Å². The number of esters is 1. The Morgan fingerprint density at radius 3 is 2.56 bits per heavy atom. The quantitative estimate of drug-likeness (QED) is 0.207. The van der Waals surface area contributed by atoms with E-state index in [1.54, 1.807) is 12.1 Å². The Morgan fingerprint density at radius 1 is 1.08 bits per heavy atom. The van der Waals surface area contributed by atoms with Gasteiger partial charge in [-0.3, -0.25) is 24.3 Å². The van der Waals surface area contributed by atoms with Crippen molar-refractivity contribution in [3.8, 4) is 11.1 Å². The molecule has 10 nitrogen and oxygen atoms in total. The Bertz CT molecular complexity index is 1470. The minimum atomic E-state index is -1.03. The Kier molecular flexibility index (Phi) is 7.24. The highest BCUT2D eigenvalue weighted by atomic mass is 16.6. The van der Waals surface area contributed by atoms with Crippen molar-refractivity contribution in [1.29, 1.82) is 0 Å². The van der Waals surface area contributed by atoms with Crippen LogP contribution in [0, 0.1) is 10.1 Å². The minimum Gasteiger partial charge on any atom is -0.453 e. The predicted octanol–water partition coefficient (Wildman–Crippen LogP) is 4.52. The van der Waals surface area contributed by atoms with Crippen LogP contribution in [0.4, 0.5) is 11.4 Å². The summed E-state index contributed by atoms with van der Waals surface area (Å²) in [5.41, 5.74) is 2.68. The van der Waals surface area contributed by atoms with Gasteiger partial charge < -0.3 is 14.5 Å². The zero-order chi connectivity index (χ0) is 25.7. The van der Waals surface area contributed by atoms with Gasteiger partial charge in [-0.1, -0.05) is 48.5 Å². The molecule has 184 valence electrons. The Hall–Kier alpha value is -4.73. The molecule has 0 fully saturated rings. The second-order valence-corrected chi connectivity index (χ2v) is 8.07. The number of nitro groups is 1. The van der Waals surface area contributed by atoms with Gasteiger partial charge in [-0.05, 0) is 31.0 Å². The second kappa shape index (κ2) is 10.7. The molecule has 10 heteroatoms. The molecule has 1 atom stereocenters. The fraction of sp³-hybridized carbons (Fsp3) is 0.192. The van der Waals surface area contributed by atoms with Crippen LogP contribution in [0.15, 0.2) is 82.0 Å². The number of amides is 1. The number of aromatic nitrogens is 1. The number of oxazole rings is 1. The van der Waals surface area contributed by atoms with Gasteiger partial charge in [-0.25, -0.2) is 4.79 Å². The van der Waals surface area contributed by atoms with Gasteiger partial charge in [0.15, 0.2) is 11.7 Å². The van der Waals surface area contributed by atoms with E-state index in [9.17, 15) is 24.5 Å². The molecule has 0 aliphatic heterocycles. The van der Waals surface area contributed by atoms with E-state index in [1.807, 2.05) is 42.5 Å². The molecule has 4 rings (SSSR count). The van der Waals surface area contributed by atoms with Gasteiger partial charge in [0.1, 0.15) is 0 Å². The standard InChI is InChI=1S/C26H23N3O7/c1-17(25(31)27-21-11-6-5-10-20(21)18-8-3-2-4-9-18)35-24(30)12-7-15-28-22-14-13-19(29(33)34)16-23(22)36-26(28)32/h2-6,8-11,13-14,16-17H,7,12,15H2,1H3,(H,27,31). The van der Waals surface area contributed by atoms with Crippen molar-refractivity contribution in [3.05, 3.63) is 93.5 Å². The number of rotatable bonds is 9. The Morgan fingerprint density at radius 2 is 1.81 bits per heavy atom. The number of aryl methyl sites for hydroxylation is 1. The number of nitrogens with one attached hydrogen (secondary N) is 1. The van der Waals surface area contributed by atoms with Crippen LogP contribution in [0.3, 0.4) is 0 Å². The summed E-state index contributed by atoms with van der Waals surface area (Å²) < 4.78 is 11.6. The van der Waals surface area contributed by atoms with Gasteiger partial charge in [-0.2, -0.15) is 0 Å². The summed E-state index contributed by atoms with van der Waals surface area (Å²) in [6.45, 7) is 1.63. The smallest absolute Gasteiger partial charge is 0.419 e. The number of anilines is 1. The van der Waals surface area contributed by atoms with Crippen LogP contribution in [0.2, 0.25) is 0 Å². The number of hydrogen-bond acceptors (Lipinski definition) is 7. The first kappa shape index (κ1) is 24.4. The second-order valence-electron chi connectivity index (χ2n) is 8.07. The summed E-state index contributed by atoms with van der Waals surface area (Å²) in [4.78, 5) is 47.4. The number of ether oxygens (including phenoxy) is 1. The lowest BCUT2D eigenvalue weighted by atomic mass is 10.0. The maximum Gasteiger partial charge on any atom is 0.419 e. The fourth-order valence-corrected chi connectivity index (χ4v) is 3.77. The van der Waals surface area contributed by atoms with Gasteiger partial charge in [0.25, 0.3) is 11.6 Å². The zero-order valence-electron chi connectivity index (χ0n) is 19.4. The van der Waals surface area contributed by atoms with Crippen molar-refractivity contribution in [1.82, 2.24) is 4.57 Å². The monoisotopic (exact) mass is 489 g/mol. The van der Waals surface area contributed by atoms with Crippen molar-refractivity contribution >= 4 is 34.4 Å². The van der Waals surface area contributed by atoms with E-state index in [0.717, 1.165) is 11.1 Å². The van der Waals surface area contributed by atoms with Crippen LogP contribution >= 0.6 is 0 Å². The van der Waals surface area contributed by atoms with Crippen LogP contribution < -0.4 is 11.1 Å². The van der Waals surface area contributed by atoms with Crippen LogP contribution in [0.25, 0.3) is 22.2 Å². The highest BCUT2D eigenvalue weighted by Gasteiger charge is 2.20. The molecule has 1 amide bonds. The summed E-state index contributed by atoms with van der Waals surface area (Å²) in [6, 6.07) is 20.8. The lowest BCUT2D eigenvalue weighted by molar-refractivity contribution is -0.384. The molecule has 1 heterocycles. The molecule has 1 aromatic heterocycles. The maximum absolute atomic E-state index is 12.7. The summed E-state index contributed by atoms with van der Waals surface area (Å²) >= 11 is 0. The average Bonchev–Trinajstić information content (AvgIpc) is 3.19. The number of carbonyl (C=O) groups excluding carboxylic acids is 2. The highest BCUT2D eigenvalue weighted by molar-refractivity contribution is 5.98. The summed E-state index contributed by atoms with van der Waals surface area (Å²) in [5, 5.41) is 13.7. The van der Waals surface area contributed by atoms with Gasteiger partial charge >= 0.3 is 11.7 Å². The van der Waals surface area contributed by atoms with Gasteiger partial charge in [-0.15, -0.1) is 0 Å². The maximum atomic E-state index is 12.7. The lowest BCUT2D eigenvalue weighted by Gasteiger charge is -2.16. The summed E-state index contributed by atoms with van der Waals surface area (Å²) in [5.74, 6) is -1.74. The normalized spacial score (nSPS) is 11.7. The Labute approximate surface area is 205 Å². The molecule has 1 unspecified atom stereocenters. The van der Waals surface area contributed by atoms with Crippen molar-refractivity contribution in [2.45, 2.75) is 32.4 Å². The average molecular weight is 489 g/mol. The number of hydrogen-bond donors (Lipinski definition) is 1. The van der Waals surface area contributed by atoms with E-state index in [-0.39, 0.29) is 30.7 Å². The first-order valence-corrected chi connectivity index (χ1v) is 11.3. The summed E-state index contributed by atoms with van der Waals surface area (Å²) in [6.07, 6.45) is -0.820. The first-order chi connectivity index (χ1) is 17.3. The fourth-order valence-electron chi connectivity index (χ4n) is 3.77. The van der Waals surface area contributed by atoms with Crippen molar-refractivity contribution in [2.75, 3.05) is 5.32 Å². The number of non-ortho nitro benzene ring substituents is 1. The number of fused-ring (bicyclic) bond motifs is 1. The molecule has 3 aromatic carbocycles. The third kappa shape index (κ3) is 5.49. The first-order valence-electron chi connectivity index (χ1n) is 11.3. The number of para-hydroxylation sites is 1. The van der Waals surface area contributed by atoms with E-state index >= 15 is 0 Å². The third-order valence-corrected chi connectivity index (χ3v) is 5.57. The van der Waals surface area contributed by atoms with E-state index < -0.39 is 28.7 Å². The van der Waals surface area contributed by atoms with E-state index in [0.29, 0.717) is 11.2 Å². The molecule has 0 bridgehead atoms. The minimum absolute atomic E-state index is 0.0374. The molecule has 0 aliphatic rings. The number of nitrogens with zero attached hydrogens (tertiary/aromatic N) is 2. The van der Waals surface area contributed by atoms with Gasteiger partial charge in [0.2, 0.25) is 0 Å². The van der Waals surface area contributed by atoms with Crippen molar-refractivity contribution < 1.29 is 23.7 Å². The molecule has 0 radical (unpaired) electrons. The Balaban J connectivity index is 1.32. The van der Waals surface area contributed by atoms with Crippen LogP contribution in [0.1, 0.15) is 19.8 Å². The van der Waals surface area contributed by atoms with E-state index in [4.69, 9.17) is 9.15 Å². The molecular formula is C26H23N3O7. The lowest BCUT2D eigenvalue weighted by Crippen LogP contribution is -2.30. The third-order valence-electron chi connectivity index (χ3n) is 5.57. The summed E-state index contributed by atoms with van der Waals surface area (Å²) in [7, 11) is 0. The van der Waals surface area contributed by atoms with Crippen LogP contribution in [-0.2, 0) is 20.9 Å². The molecule has 0 saturated heterocycles. The van der Waals surface area contributed by atoms with Crippen molar-refractivity contribution in [3.63, 3.8) is 0 Å². The predicted molar refractivity (Wildman–Crippen MR) is 132 cm³/mol. The van der Waals surface area contributed by atoms with E-state index in [2.05, 4.69) is 5.32 Å². The van der Waals surface area contributed by atoms with Gasteiger partial charge in [0, 0.05) is 30.3 Å². The largest absolute Gasteiger partial charge is 0.453 e. The van der Waals surface area contributed by atoms with Gasteiger partial charge in [0.05, 0.1) is 16.5 Å². The molecule has 0 aliphatic carbocycles.